The number of aromatic nitrogens is 2. The maximum atomic E-state index is 5.29. The minimum absolute atomic E-state index is 0.401. The fourth-order valence-corrected chi connectivity index (χ4v) is 0.679. The van der Waals surface area contributed by atoms with Gasteiger partial charge < -0.3 is 5.32 Å². The first kappa shape index (κ1) is 8.54. The van der Waals surface area contributed by atoms with Gasteiger partial charge in [-0.3, -0.25) is 0 Å². The fourth-order valence-electron chi connectivity index (χ4n) is 0.679. The first-order valence-corrected chi connectivity index (χ1v) is 3.67. The maximum Gasteiger partial charge on any atom is 0.223 e. The summed E-state index contributed by atoms with van der Waals surface area (Å²) in [6.07, 6.45) is 8.62. The third kappa shape index (κ3) is 2.24. The van der Waals surface area contributed by atoms with Crippen molar-refractivity contribution >= 4 is 5.95 Å². The maximum absolute atomic E-state index is 5.29. The molecule has 0 atom stereocenters. The Hall–Kier alpha value is -1.56. The van der Waals surface area contributed by atoms with Crippen LogP contribution in [0.2, 0.25) is 0 Å². The Balaban J connectivity index is 2.72. The lowest BCUT2D eigenvalue weighted by Crippen LogP contribution is -2.29. The third-order valence-corrected chi connectivity index (χ3v) is 1.35. The van der Waals surface area contributed by atoms with Gasteiger partial charge in [0.25, 0.3) is 0 Å². The van der Waals surface area contributed by atoms with E-state index in [0.717, 1.165) is 0 Å². The molecule has 1 aromatic heterocycles. The van der Waals surface area contributed by atoms with E-state index in [-0.39, 0.29) is 0 Å². The van der Waals surface area contributed by atoms with Gasteiger partial charge in [-0.25, -0.2) is 9.97 Å². The second kappa shape index (κ2) is 3.22. The summed E-state index contributed by atoms with van der Waals surface area (Å²) in [6, 6.07) is 1.76. The molecule has 0 saturated carbocycles. The van der Waals surface area contributed by atoms with Gasteiger partial charge in [-0.15, -0.1) is 6.42 Å². The van der Waals surface area contributed by atoms with Crippen LogP contribution in [0.15, 0.2) is 18.5 Å². The highest BCUT2D eigenvalue weighted by molar-refractivity contribution is 5.32. The van der Waals surface area contributed by atoms with Gasteiger partial charge in [-0.2, -0.15) is 0 Å². The Morgan fingerprint density at radius 3 is 2.50 bits per heavy atom. The molecule has 0 unspecified atom stereocenters. The van der Waals surface area contributed by atoms with Gasteiger partial charge in [0, 0.05) is 12.4 Å². The molecule has 1 aromatic rings. The van der Waals surface area contributed by atoms with Crippen molar-refractivity contribution in [2.24, 2.45) is 0 Å². The lowest BCUT2D eigenvalue weighted by molar-refractivity contribution is 0.729. The van der Waals surface area contributed by atoms with Gasteiger partial charge in [-0.1, -0.05) is 5.92 Å². The minimum Gasteiger partial charge on any atom is -0.338 e. The molecule has 3 nitrogen and oxygen atoms in total. The van der Waals surface area contributed by atoms with Gasteiger partial charge in [0.05, 0.1) is 5.54 Å². The molecule has 0 spiro atoms. The Bertz CT molecular complexity index is 284. The summed E-state index contributed by atoms with van der Waals surface area (Å²) in [5.41, 5.74) is -0.401. The number of hydrogen-bond acceptors (Lipinski definition) is 3. The molecule has 0 aliphatic carbocycles. The van der Waals surface area contributed by atoms with Crippen molar-refractivity contribution < 1.29 is 0 Å². The molecular weight excluding hydrogens is 150 g/mol. The van der Waals surface area contributed by atoms with Gasteiger partial charge in [0.2, 0.25) is 5.95 Å². The summed E-state index contributed by atoms with van der Waals surface area (Å²) in [6.45, 7) is 3.78. The number of hydrogen-bond donors (Lipinski definition) is 1. The Labute approximate surface area is 72.2 Å². The van der Waals surface area contributed by atoms with Gasteiger partial charge in [0.15, 0.2) is 0 Å². The van der Waals surface area contributed by atoms with Crippen molar-refractivity contribution in [1.82, 2.24) is 9.97 Å². The zero-order valence-electron chi connectivity index (χ0n) is 7.20. The number of terminal acetylenes is 1. The molecule has 0 aliphatic rings. The van der Waals surface area contributed by atoms with E-state index in [0.29, 0.717) is 5.95 Å². The second-order valence-corrected chi connectivity index (χ2v) is 2.97. The molecule has 0 aromatic carbocycles. The van der Waals surface area contributed by atoms with Crippen molar-refractivity contribution in [3.63, 3.8) is 0 Å². The summed E-state index contributed by atoms with van der Waals surface area (Å²) in [5.74, 6) is 3.15. The fraction of sp³-hybridized carbons (Fsp3) is 0.333. The lowest BCUT2D eigenvalue weighted by atomic mass is 10.1. The van der Waals surface area contributed by atoms with E-state index in [9.17, 15) is 0 Å². The molecule has 62 valence electrons. The molecule has 0 bridgehead atoms. The van der Waals surface area contributed by atoms with E-state index in [2.05, 4.69) is 21.2 Å². The molecule has 1 N–H and O–H groups in total. The quantitative estimate of drug-likeness (QED) is 0.664. The normalized spacial score (nSPS) is 10.4. The molecule has 3 heteroatoms. The van der Waals surface area contributed by atoms with E-state index < -0.39 is 5.54 Å². The molecule has 12 heavy (non-hydrogen) atoms. The van der Waals surface area contributed by atoms with Crippen LogP contribution in [0.25, 0.3) is 0 Å². The van der Waals surface area contributed by atoms with Crippen molar-refractivity contribution in [2.45, 2.75) is 19.4 Å². The first-order chi connectivity index (χ1) is 5.64. The molecule has 0 radical (unpaired) electrons. The molecule has 0 aliphatic heterocycles. The zero-order valence-corrected chi connectivity index (χ0v) is 7.20. The van der Waals surface area contributed by atoms with Crippen LogP contribution >= 0.6 is 0 Å². The number of nitrogens with one attached hydrogen (secondary N) is 1. The summed E-state index contributed by atoms with van der Waals surface area (Å²) >= 11 is 0. The number of anilines is 1. The largest absolute Gasteiger partial charge is 0.338 e. The second-order valence-electron chi connectivity index (χ2n) is 2.97. The predicted molar refractivity (Wildman–Crippen MR) is 48.6 cm³/mol. The smallest absolute Gasteiger partial charge is 0.223 e. The SMILES string of the molecule is C#CC(C)(C)Nc1ncccn1. The highest BCUT2D eigenvalue weighted by Crippen LogP contribution is 2.07. The summed E-state index contributed by atoms with van der Waals surface area (Å²) in [5, 5.41) is 3.01. The summed E-state index contributed by atoms with van der Waals surface area (Å²) < 4.78 is 0. The van der Waals surface area contributed by atoms with E-state index in [1.807, 2.05) is 13.8 Å². The molecule has 0 amide bonds. The van der Waals surface area contributed by atoms with Crippen LogP contribution in [0.4, 0.5) is 5.95 Å². The minimum atomic E-state index is -0.401. The van der Waals surface area contributed by atoms with Gasteiger partial charge in [-0.05, 0) is 19.9 Å². The highest BCUT2D eigenvalue weighted by Gasteiger charge is 2.13. The van der Waals surface area contributed by atoms with Gasteiger partial charge >= 0.3 is 0 Å². The van der Waals surface area contributed by atoms with E-state index in [4.69, 9.17) is 6.42 Å². The van der Waals surface area contributed by atoms with Gasteiger partial charge in [0.1, 0.15) is 0 Å². The summed E-state index contributed by atoms with van der Waals surface area (Å²) in [7, 11) is 0. The molecule has 1 heterocycles. The highest BCUT2D eigenvalue weighted by atomic mass is 15.1. The zero-order chi connectivity index (χ0) is 9.03. The molecule has 0 fully saturated rings. The Kier molecular flexibility index (Phi) is 2.29. The van der Waals surface area contributed by atoms with Crippen LogP contribution in [0.1, 0.15) is 13.8 Å². The van der Waals surface area contributed by atoms with Crippen LogP contribution in [0.5, 0.6) is 0 Å². The van der Waals surface area contributed by atoms with E-state index in [1.54, 1.807) is 18.5 Å². The first-order valence-electron chi connectivity index (χ1n) is 3.67. The van der Waals surface area contributed by atoms with Crippen LogP contribution < -0.4 is 5.32 Å². The van der Waals surface area contributed by atoms with Crippen molar-refractivity contribution in [3.05, 3.63) is 18.5 Å². The number of rotatable bonds is 2. The standard InChI is InChI=1S/C9H11N3/c1-4-9(2,3)12-8-10-6-5-7-11-8/h1,5-7H,2-3H3,(H,10,11,12). The third-order valence-electron chi connectivity index (χ3n) is 1.35. The molecule has 0 saturated heterocycles. The number of nitrogens with zero attached hydrogens (tertiary/aromatic N) is 2. The average molecular weight is 161 g/mol. The molecule has 1 rings (SSSR count). The van der Waals surface area contributed by atoms with Crippen LogP contribution in [0.3, 0.4) is 0 Å². The predicted octanol–water partition coefficient (Wildman–Crippen LogP) is 1.30. The average Bonchev–Trinajstić information content (AvgIpc) is 2.06. The van der Waals surface area contributed by atoms with Crippen LogP contribution in [0, 0.1) is 12.3 Å². The van der Waals surface area contributed by atoms with Crippen molar-refractivity contribution in [3.8, 4) is 12.3 Å². The van der Waals surface area contributed by atoms with E-state index >= 15 is 0 Å². The van der Waals surface area contributed by atoms with Crippen LogP contribution in [-0.4, -0.2) is 15.5 Å². The van der Waals surface area contributed by atoms with Crippen molar-refractivity contribution in [2.75, 3.05) is 5.32 Å². The van der Waals surface area contributed by atoms with Crippen LogP contribution in [-0.2, 0) is 0 Å². The molecular formula is C9H11N3. The lowest BCUT2D eigenvalue weighted by Gasteiger charge is -2.18. The Morgan fingerprint density at radius 1 is 1.42 bits per heavy atom. The van der Waals surface area contributed by atoms with Crippen molar-refractivity contribution in [1.29, 1.82) is 0 Å². The Morgan fingerprint density at radius 2 is 2.00 bits per heavy atom. The monoisotopic (exact) mass is 161 g/mol. The summed E-state index contributed by atoms with van der Waals surface area (Å²) in [4.78, 5) is 7.99. The topological polar surface area (TPSA) is 37.8 Å². The van der Waals surface area contributed by atoms with E-state index in [1.165, 1.54) is 0 Å².